The van der Waals surface area contributed by atoms with E-state index in [-0.39, 0.29) is 0 Å². The first-order valence-corrected chi connectivity index (χ1v) is 3.28. The molecule has 0 saturated heterocycles. The van der Waals surface area contributed by atoms with E-state index in [0.29, 0.717) is 12.8 Å². The van der Waals surface area contributed by atoms with Gasteiger partial charge in [0.1, 0.15) is 5.56 Å². The molecule has 1 atom stereocenters. The SMILES string of the molecule is O=C(O)C=CCCC(O)Cl. The quantitative estimate of drug-likeness (QED) is 0.481. The Morgan fingerprint density at radius 2 is 2.30 bits per heavy atom. The van der Waals surface area contributed by atoms with Gasteiger partial charge in [-0.25, -0.2) is 4.79 Å². The van der Waals surface area contributed by atoms with Crippen molar-refractivity contribution in [1.29, 1.82) is 0 Å². The third-order valence-electron chi connectivity index (χ3n) is 0.832. The summed E-state index contributed by atoms with van der Waals surface area (Å²) in [5.41, 5.74) is -0.876. The summed E-state index contributed by atoms with van der Waals surface area (Å²) in [6, 6.07) is 0. The lowest BCUT2D eigenvalue weighted by Gasteiger charge is -1.94. The summed E-state index contributed by atoms with van der Waals surface area (Å²) < 4.78 is 0. The van der Waals surface area contributed by atoms with E-state index in [1.165, 1.54) is 6.08 Å². The summed E-state index contributed by atoms with van der Waals surface area (Å²) in [6.07, 6.45) is 3.34. The van der Waals surface area contributed by atoms with Gasteiger partial charge >= 0.3 is 5.97 Å². The Bertz CT molecular complexity index is 131. The normalized spacial score (nSPS) is 13.8. The Hall–Kier alpha value is -0.540. The van der Waals surface area contributed by atoms with Crippen molar-refractivity contribution in [2.24, 2.45) is 0 Å². The van der Waals surface area contributed by atoms with Crippen LogP contribution in [0.4, 0.5) is 0 Å². The third kappa shape index (κ3) is 7.46. The standard InChI is InChI=1S/C6H9ClO3/c7-5(8)3-1-2-4-6(9)10/h2,4-5,8H,1,3H2,(H,9,10). The average molecular weight is 165 g/mol. The molecule has 2 N–H and O–H groups in total. The van der Waals surface area contributed by atoms with Crippen molar-refractivity contribution in [2.45, 2.75) is 18.4 Å². The minimum absolute atomic E-state index is 0.380. The molecule has 0 bridgehead atoms. The maximum absolute atomic E-state index is 9.86. The fourth-order valence-corrected chi connectivity index (χ4v) is 0.544. The van der Waals surface area contributed by atoms with Crippen molar-refractivity contribution < 1.29 is 15.0 Å². The molecule has 0 radical (unpaired) electrons. The number of halogens is 1. The van der Waals surface area contributed by atoms with Crippen LogP contribution in [0.1, 0.15) is 12.8 Å². The van der Waals surface area contributed by atoms with E-state index in [1.54, 1.807) is 0 Å². The molecular weight excluding hydrogens is 156 g/mol. The highest BCUT2D eigenvalue weighted by Gasteiger charge is 1.93. The first kappa shape index (κ1) is 9.46. The average Bonchev–Trinajstić information content (AvgIpc) is 1.79. The number of alkyl halides is 1. The van der Waals surface area contributed by atoms with Gasteiger partial charge in [0.2, 0.25) is 0 Å². The van der Waals surface area contributed by atoms with Gasteiger partial charge in [0, 0.05) is 6.08 Å². The lowest BCUT2D eigenvalue weighted by Crippen LogP contribution is -1.93. The molecular formula is C6H9ClO3. The van der Waals surface area contributed by atoms with Crippen LogP contribution in [0.2, 0.25) is 0 Å². The highest BCUT2D eigenvalue weighted by Crippen LogP contribution is 2.00. The Kier molecular flexibility index (Phi) is 4.98. The molecule has 0 fully saturated rings. The van der Waals surface area contributed by atoms with Crippen LogP contribution in [-0.4, -0.2) is 21.7 Å². The zero-order chi connectivity index (χ0) is 7.98. The van der Waals surface area contributed by atoms with E-state index in [0.717, 1.165) is 6.08 Å². The molecule has 0 aromatic heterocycles. The number of hydrogen-bond donors (Lipinski definition) is 2. The van der Waals surface area contributed by atoms with Gasteiger partial charge in [-0.15, -0.1) is 0 Å². The first-order chi connectivity index (χ1) is 4.63. The van der Waals surface area contributed by atoms with Crippen LogP contribution in [0.3, 0.4) is 0 Å². The summed E-state index contributed by atoms with van der Waals surface area (Å²) in [4.78, 5) is 9.86. The third-order valence-corrected chi connectivity index (χ3v) is 1.05. The van der Waals surface area contributed by atoms with Crippen LogP contribution >= 0.6 is 11.6 Å². The number of allylic oxidation sites excluding steroid dienone is 1. The van der Waals surface area contributed by atoms with Crippen molar-refractivity contribution in [1.82, 2.24) is 0 Å². The zero-order valence-electron chi connectivity index (χ0n) is 5.33. The lowest BCUT2D eigenvalue weighted by molar-refractivity contribution is -0.131. The van der Waals surface area contributed by atoms with Gasteiger partial charge in [0.05, 0.1) is 0 Å². The molecule has 3 nitrogen and oxygen atoms in total. The maximum Gasteiger partial charge on any atom is 0.327 e. The fraction of sp³-hybridized carbons (Fsp3) is 0.500. The topological polar surface area (TPSA) is 57.5 Å². The summed E-state index contributed by atoms with van der Waals surface area (Å²) in [7, 11) is 0. The lowest BCUT2D eigenvalue weighted by atomic mass is 10.3. The van der Waals surface area contributed by atoms with E-state index in [1.807, 2.05) is 0 Å². The van der Waals surface area contributed by atoms with Crippen molar-refractivity contribution in [3.8, 4) is 0 Å². The number of hydrogen-bond acceptors (Lipinski definition) is 2. The van der Waals surface area contributed by atoms with Gasteiger partial charge in [0.25, 0.3) is 0 Å². The number of rotatable bonds is 4. The number of aliphatic hydroxyl groups is 1. The molecule has 0 aromatic carbocycles. The summed E-state index contributed by atoms with van der Waals surface area (Å²) in [5.74, 6) is -0.982. The predicted molar refractivity (Wildman–Crippen MR) is 37.9 cm³/mol. The zero-order valence-corrected chi connectivity index (χ0v) is 6.08. The molecule has 0 aliphatic heterocycles. The highest BCUT2D eigenvalue weighted by atomic mass is 35.5. The first-order valence-electron chi connectivity index (χ1n) is 2.84. The van der Waals surface area contributed by atoms with Gasteiger partial charge in [-0.2, -0.15) is 0 Å². The van der Waals surface area contributed by atoms with Crippen LogP contribution in [0, 0.1) is 0 Å². The summed E-state index contributed by atoms with van der Waals surface area (Å²) in [6.45, 7) is 0. The van der Waals surface area contributed by atoms with E-state index >= 15 is 0 Å². The van der Waals surface area contributed by atoms with Gasteiger partial charge < -0.3 is 10.2 Å². The van der Waals surface area contributed by atoms with E-state index < -0.39 is 11.5 Å². The second-order valence-electron chi connectivity index (χ2n) is 1.75. The molecule has 0 saturated carbocycles. The van der Waals surface area contributed by atoms with Crippen LogP contribution < -0.4 is 0 Å². The summed E-state index contributed by atoms with van der Waals surface area (Å²) >= 11 is 5.17. The molecule has 10 heavy (non-hydrogen) atoms. The van der Waals surface area contributed by atoms with Crippen molar-refractivity contribution in [3.63, 3.8) is 0 Å². The maximum atomic E-state index is 9.86. The molecule has 4 heteroatoms. The number of carboxylic acid groups (broad SMARTS) is 1. The number of aliphatic carboxylic acids is 1. The van der Waals surface area contributed by atoms with E-state index in [9.17, 15) is 4.79 Å². The number of aliphatic hydroxyl groups excluding tert-OH is 1. The molecule has 0 rings (SSSR count). The van der Waals surface area contributed by atoms with Crippen LogP contribution in [-0.2, 0) is 4.79 Å². The second-order valence-corrected chi connectivity index (χ2v) is 2.26. The van der Waals surface area contributed by atoms with Crippen molar-refractivity contribution >= 4 is 17.6 Å². The smallest absolute Gasteiger partial charge is 0.327 e. The second kappa shape index (κ2) is 5.26. The highest BCUT2D eigenvalue weighted by molar-refractivity contribution is 6.19. The molecule has 0 aliphatic carbocycles. The van der Waals surface area contributed by atoms with Gasteiger partial charge in [-0.05, 0) is 12.8 Å². The van der Waals surface area contributed by atoms with Crippen LogP contribution in [0.25, 0.3) is 0 Å². The molecule has 0 aliphatic rings. The molecule has 1 unspecified atom stereocenters. The molecule has 0 spiro atoms. The predicted octanol–water partition coefficient (Wildman–Crippen LogP) is 0.965. The monoisotopic (exact) mass is 164 g/mol. The van der Waals surface area contributed by atoms with Crippen LogP contribution in [0.5, 0.6) is 0 Å². The van der Waals surface area contributed by atoms with Crippen LogP contribution in [0.15, 0.2) is 12.2 Å². The minimum Gasteiger partial charge on any atom is -0.478 e. The van der Waals surface area contributed by atoms with Gasteiger partial charge in [-0.3, -0.25) is 0 Å². The Balaban J connectivity index is 3.27. The molecule has 0 amide bonds. The fourth-order valence-electron chi connectivity index (χ4n) is 0.418. The minimum atomic E-state index is -0.982. The Morgan fingerprint density at radius 3 is 2.70 bits per heavy atom. The Morgan fingerprint density at radius 1 is 1.70 bits per heavy atom. The summed E-state index contributed by atoms with van der Waals surface area (Å²) in [5, 5.41) is 16.6. The molecule has 58 valence electrons. The molecule has 0 aromatic rings. The van der Waals surface area contributed by atoms with E-state index in [2.05, 4.69) is 0 Å². The molecule has 0 heterocycles. The number of carboxylic acids is 1. The van der Waals surface area contributed by atoms with Gasteiger partial charge in [-0.1, -0.05) is 17.7 Å². The Labute approximate surface area is 63.9 Å². The van der Waals surface area contributed by atoms with E-state index in [4.69, 9.17) is 21.8 Å². The van der Waals surface area contributed by atoms with Crippen molar-refractivity contribution in [2.75, 3.05) is 0 Å². The van der Waals surface area contributed by atoms with Crippen molar-refractivity contribution in [3.05, 3.63) is 12.2 Å². The van der Waals surface area contributed by atoms with Gasteiger partial charge in [0.15, 0.2) is 0 Å². The largest absolute Gasteiger partial charge is 0.478 e. The number of carbonyl (C=O) groups is 1.